The van der Waals surface area contributed by atoms with Gasteiger partial charge in [-0.15, -0.1) is 0 Å². The third kappa shape index (κ3) is 4.34. The van der Waals surface area contributed by atoms with Crippen molar-refractivity contribution in [1.29, 1.82) is 0 Å². The SMILES string of the molecule is Cc1cc(F)ccc1Nc1cc(-c2ccccc2)nc(N[C@H](C)CO)n1. The number of aliphatic hydroxyl groups is 1. The van der Waals surface area contributed by atoms with Gasteiger partial charge in [0.25, 0.3) is 0 Å². The minimum absolute atomic E-state index is 0.0290. The normalized spacial score (nSPS) is 11.8. The maximum Gasteiger partial charge on any atom is 0.225 e. The number of hydrogen-bond acceptors (Lipinski definition) is 5. The first-order chi connectivity index (χ1) is 12.5. The molecule has 1 aromatic heterocycles. The van der Waals surface area contributed by atoms with Gasteiger partial charge in [0.1, 0.15) is 11.6 Å². The van der Waals surface area contributed by atoms with Crippen molar-refractivity contribution >= 4 is 17.5 Å². The summed E-state index contributed by atoms with van der Waals surface area (Å²) in [4.78, 5) is 9.00. The highest BCUT2D eigenvalue weighted by molar-refractivity contribution is 5.68. The molecule has 3 N–H and O–H groups in total. The van der Waals surface area contributed by atoms with E-state index in [1.807, 2.05) is 50.2 Å². The molecule has 0 spiro atoms. The molecule has 0 saturated carbocycles. The average molecular weight is 352 g/mol. The number of hydrogen-bond donors (Lipinski definition) is 3. The van der Waals surface area contributed by atoms with Crippen molar-refractivity contribution in [2.24, 2.45) is 0 Å². The summed E-state index contributed by atoms with van der Waals surface area (Å²) in [6, 6.07) is 16.0. The van der Waals surface area contributed by atoms with Crippen molar-refractivity contribution in [3.63, 3.8) is 0 Å². The van der Waals surface area contributed by atoms with E-state index in [0.29, 0.717) is 11.8 Å². The Morgan fingerprint density at radius 2 is 1.85 bits per heavy atom. The number of nitrogens with zero attached hydrogens (tertiary/aromatic N) is 2. The van der Waals surface area contributed by atoms with Gasteiger partial charge in [0.15, 0.2) is 0 Å². The molecule has 0 bridgehead atoms. The summed E-state index contributed by atoms with van der Waals surface area (Å²) in [6.45, 7) is 3.65. The molecule has 0 amide bonds. The summed E-state index contributed by atoms with van der Waals surface area (Å²) >= 11 is 0. The molecule has 0 aliphatic carbocycles. The van der Waals surface area contributed by atoms with Crippen molar-refractivity contribution in [1.82, 2.24) is 9.97 Å². The van der Waals surface area contributed by atoms with E-state index in [1.165, 1.54) is 12.1 Å². The van der Waals surface area contributed by atoms with E-state index >= 15 is 0 Å². The fraction of sp³-hybridized carbons (Fsp3) is 0.200. The molecule has 0 saturated heterocycles. The van der Waals surface area contributed by atoms with Crippen LogP contribution < -0.4 is 10.6 Å². The lowest BCUT2D eigenvalue weighted by Crippen LogP contribution is -2.21. The maximum absolute atomic E-state index is 13.3. The van der Waals surface area contributed by atoms with E-state index in [4.69, 9.17) is 0 Å². The minimum Gasteiger partial charge on any atom is -0.394 e. The molecule has 3 aromatic rings. The van der Waals surface area contributed by atoms with Crippen LogP contribution in [0.2, 0.25) is 0 Å². The zero-order valence-corrected chi connectivity index (χ0v) is 14.7. The van der Waals surface area contributed by atoms with Gasteiger partial charge in [-0.25, -0.2) is 9.37 Å². The number of benzene rings is 2. The monoisotopic (exact) mass is 352 g/mol. The first-order valence-corrected chi connectivity index (χ1v) is 8.40. The van der Waals surface area contributed by atoms with Crippen LogP contribution in [0.5, 0.6) is 0 Å². The maximum atomic E-state index is 13.3. The molecule has 0 radical (unpaired) electrons. The Hall–Kier alpha value is -2.99. The topological polar surface area (TPSA) is 70.1 Å². The van der Waals surface area contributed by atoms with Crippen LogP contribution >= 0.6 is 0 Å². The molecule has 3 rings (SSSR count). The second-order valence-electron chi connectivity index (χ2n) is 6.14. The molecule has 0 aliphatic heterocycles. The standard InChI is InChI=1S/C20H21FN4O/c1-13-10-16(21)8-9-17(13)23-19-11-18(15-6-4-3-5-7-15)24-20(25-19)22-14(2)12-26/h3-11,14,26H,12H2,1-2H3,(H2,22,23,24,25)/t14-/m1/s1. The van der Waals surface area contributed by atoms with Gasteiger partial charge in [0, 0.05) is 23.4 Å². The van der Waals surface area contributed by atoms with E-state index < -0.39 is 0 Å². The predicted octanol–water partition coefficient (Wildman–Crippen LogP) is 4.13. The number of aliphatic hydroxyl groups excluding tert-OH is 1. The smallest absolute Gasteiger partial charge is 0.225 e. The number of nitrogens with one attached hydrogen (secondary N) is 2. The lowest BCUT2D eigenvalue weighted by molar-refractivity contribution is 0.281. The summed E-state index contributed by atoms with van der Waals surface area (Å²) in [5.74, 6) is 0.719. The summed E-state index contributed by atoms with van der Waals surface area (Å²) in [7, 11) is 0. The van der Waals surface area contributed by atoms with Gasteiger partial charge in [-0.3, -0.25) is 0 Å². The fourth-order valence-electron chi connectivity index (χ4n) is 2.50. The van der Waals surface area contributed by atoms with Gasteiger partial charge < -0.3 is 15.7 Å². The molecule has 1 atom stereocenters. The van der Waals surface area contributed by atoms with Gasteiger partial charge in [-0.05, 0) is 37.6 Å². The zero-order chi connectivity index (χ0) is 18.5. The van der Waals surface area contributed by atoms with Crippen LogP contribution in [0.4, 0.5) is 21.8 Å². The lowest BCUT2D eigenvalue weighted by atomic mass is 10.1. The highest BCUT2D eigenvalue weighted by Gasteiger charge is 2.10. The van der Waals surface area contributed by atoms with Crippen LogP contribution in [-0.4, -0.2) is 27.7 Å². The number of rotatable bonds is 6. The van der Waals surface area contributed by atoms with Crippen molar-refractivity contribution < 1.29 is 9.50 Å². The van der Waals surface area contributed by atoms with Crippen molar-refractivity contribution in [3.8, 4) is 11.3 Å². The summed E-state index contributed by atoms with van der Waals surface area (Å²) in [6.07, 6.45) is 0. The van der Waals surface area contributed by atoms with Gasteiger partial charge in [0.2, 0.25) is 5.95 Å². The molecule has 0 aliphatic rings. The Morgan fingerprint density at radius 3 is 2.54 bits per heavy atom. The van der Waals surface area contributed by atoms with E-state index in [-0.39, 0.29) is 18.5 Å². The predicted molar refractivity (Wildman–Crippen MR) is 102 cm³/mol. The lowest BCUT2D eigenvalue weighted by Gasteiger charge is -2.15. The summed E-state index contributed by atoms with van der Waals surface area (Å²) < 4.78 is 13.3. The van der Waals surface area contributed by atoms with E-state index in [9.17, 15) is 9.50 Å². The van der Waals surface area contributed by atoms with E-state index in [2.05, 4.69) is 20.6 Å². The molecule has 26 heavy (non-hydrogen) atoms. The summed E-state index contributed by atoms with van der Waals surface area (Å²) in [5, 5.41) is 15.6. The Labute approximate surface area is 152 Å². The minimum atomic E-state index is -0.278. The Balaban J connectivity index is 1.98. The molecule has 134 valence electrons. The summed E-state index contributed by atoms with van der Waals surface area (Å²) in [5.41, 5.74) is 3.25. The second kappa shape index (κ2) is 7.93. The quantitative estimate of drug-likeness (QED) is 0.622. The fourth-order valence-corrected chi connectivity index (χ4v) is 2.50. The van der Waals surface area contributed by atoms with E-state index in [0.717, 1.165) is 22.5 Å². The molecular weight excluding hydrogens is 331 g/mol. The third-order valence-corrected chi connectivity index (χ3v) is 3.90. The van der Waals surface area contributed by atoms with Crippen LogP contribution in [0.1, 0.15) is 12.5 Å². The molecule has 0 unspecified atom stereocenters. The van der Waals surface area contributed by atoms with Crippen molar-refractivity contribution in [3.05, 3.63) is 66.0 Å². The van der Waals surface area contributed by atoms with Crippen molar-refractivity contribution in [2.45, 2.75) is 19.9 Å². The number of aryl methyl sites for hydroxylation is 1. The first kappa shape index (κ1) is 17.8. The van der Waals surface area contributed by atoms with E-state index in [1.54, 1.807) is 6.07 Å². The van der Waals surface area contributed by atoms with Gasteiger partial charge in [-0.1, -0.05) is 30.3 Å². The molecule has 5 nitrogen and oxygen atoms in total. The van der Waals surface area contributed by atoms with Gasteiger partial charge in [-0.2, -0.15) is 4.98 Å². The molecule has 0 fully saturated rings. The Morgan fingerprint density at radius 1 is 1.08 bits per heavy atom. The molecular formula is C20H21FN4O. The number of halogens is 1. The first-order valence-electron chi connectivity index (χ1n) is 8.40. The molecule has 1 heterocycles. The Bertz CT molecular complexity index is 886. The van der Waals surface area contributed by atoms with Crippen LogP contribution in [0.15, 0.2) is 54.6 Å². The zero-order valence-electron chi connectivity index (χ0n) is 14.7. The Kier molecular flexibility index (Phi) is 5.43. The van der Waals surface area contributed by atoms with Gasteiger partial charge in [0.05, 0.1) is 12.3 Å². The third-order valence-electron chi connectivity index (χ3n) is 3.90. The van der Waals surface area contributed by atoms with Crippen LogP contribution in [0.25, 0.3) is 11.3 Å². The molecule has 6 heteroatoms. The second-order valence-corrected chi connectivity index (χ2v) is 6.14. The molecule has 2 aromatic carbocycles. The van der Waals surface area contributed by atoms with Crippen LogP contribution in [0, 0.1) is 12.7 Å². The highest BCUT2D eigenvalue weighted by Crippen LogP contribution is 2.25. The van der Waals surface area contributed by atoms with Crippen LogP contribution in [0.3, 0.4) is 0 Å². The van der Waals surface area contributed by atoms with Gasteiger partial charge >= 0.3 is 0 Å². The number of aromatic nitrogens is 2. The number of anilines is 3. The highest BCUT2D eigenvalue weighted by atomic mass is 19.1. The largest absolute Gasteiger partial charge is 0.394 e. The van der Waals surface area contributed by atoms with Crippen LogP contribution in [-0.2, 0) is 0 Å². The van der Waals surface area contributed by atoms with Crippen molar-refractivity contribution in [2.75, 3.05) is 17.2 Å². The average Bonchev–Trinajstić information content (AvgIpc) is 2.64.